The molecule has 25 heavy (non-hydrogen) atoms. The molecule has 136 valence electrons. The van der Waals surface area contributed by atoms with Crippen molar-refractivity contribution in [1.82, 2.24) is 9.99 Å². The molecule has 2 unspecified atom stereocenters. The fourth-order valence-corrected chi connectivity index (χ4v) is 3.62. The second-order valence-electron chi connectivity index (χ2n) is 5.26. The number of carbonyl (C=O) groups excluding carboxylic acids is 2. The third-order valence-electron chi connectivity index (χ3n) is 3.50. The first-order chi connectivity index (χ1) is 11.7. The molecule has 1 heterocycles. The molecular formula is C14H17N2O8P. The van der Waals surface area contributed by atoms with Crippen LogP contribution in [0.2, 0.25) is 0 Å². The number of amides is 2. The highest BCUT2D eigenvalue weighted by molar-refractivity contribution is 7.51. The van der Waals surface area contributed by atoms with Crippen molar-refractivity contribution < 1.29 is 38.2 Å². The predicted molar refractivity (Wildman–Crippen MR) is 83.3 cm³/mol. The molecule has 1 aliphatic rings. The summed E-state index contributed by atoms with van der Waals surface area (Å²) in [6.45, 7) is 0.526. The van der Waals surface area contributed by atoms with Gasteiger partial charge in [0, 0.05) is 0 Å². The van der Waals surface area contributed by atoms with E-state index in [2.05, 4.69) is 4.52 Å². The van der Waals surface area contributed by atoms with E-state index in [9.17, 15) is 23.8 Å². The van der Waals surface area contributed by atoms with Crippen molar-refractivity contribution in [2.45, 2.75) is 25.6 Å². The van der Waals surface area contributed by atoms with Gasteiger partial charge in [-0.2, -0.15) is 0 Å². The zero-order valence-corrected chi connectivity index (χ0v) is 14.1. The van der Waals surface area contributed by atoms with Crippen LogP contribution in [0.1, 0.15) is 12.5 Å². The number of hydrogen-bond donors (Lipinski definition) is 3. The fourth-order valence-electron chi connectivity index (χ4n) is 2.26. The van der Waals surface area contributed by atoms with Gasteiger partial charge in [0.2, 0.25) is 0 Å². The standard InChI is InChI=1S/C14H17N2O8P/c1-9-12(15-14(19)20)13(18)16(9)25(21,22)24-8-11(17)23-7-10-5-3-2-4-6-10/h2-6,9,12,15H,7-8H2,1H3,(H,19,20)(H,21,22)/t9-,12?/m0/s1. The van der Waals surface area contributed by atoms with Crippen LogP contribution in [0.4, 0.5) is 4.79 Å². The van der Waals surface area contributed by atoms with Crippen molar-refractivity contribution in [3.05, 3.63) is 35.9 Å². The van der Waals surface area contributed by atoms with Gasteiger partial charge in [-0.05, 0) is 12.5 Å². The van der Waals surface area contributed by atoms with Crippen molar-refractivity contribution in [3.63, 3.8) is 0 Å². The maximum absolute atomic E-state index is 12.1. The number of hydrogen-bond acceptors (Lipinski definition) is 6. The van der Waals surface area contributed by atoms with Crippen LogP contribution in [0.5, 0.6) is 0 Å². The Balaban J connectivity index is 1.83. The molecule has 0 aromatic heterocycles. The highest BCUT2D eigenvalue weighted by Gasteiger charge is 2.54. The van der Waals surface area contributed by atoms with Crippen LogP contribution < -0.4 is 5.32 Å². The lowest BCUT2D eigenvalue weighted by molar-refractivity contribution is -0.149. The van der Waals surface area contributed by atoms with Gasteiger partial charge in [-0.1, -0.05) is 30.3 Å². The lowest BCUT2D eigenvalue weighted by Crippen LogP contribution is -2.68. The van der Waals surface area contributed by atoms with Crippen molar-refractivity contribution in [3.8, 4) is 0 Å². The number of nitrogens with one attached hydrogen (secondary N) is 1. The summed E-state index contributed by atoms with van der Waals surface area (Å²) in [7, 11) is -4.59. The van der Waals surface area contributed by atoms with Gasteiger partial charge < -0.3 is 20.1 Å². The number of rotatable bonds is 7. The Hall–Kier alpha value is -2.42. The first-order valence-corrected chi connectivity index (χ1v) is 8.75. The summed E-state index contributed by atoms with van der Waals surface area (Å²) in [6, 6.07) is 6.78. The molecule has 0 radical (unpaired) electrons. The lowest BCUT2D eigenvalue weighted by atomic mass is 10.0. The van der Waals surface area contributed by atoms with E-state index in [0.29, 0.717) is 4.67 Å². The van der Waals surface area contributed by atoms with Gasteiger partial charge in [-0.3, -0.25) is 9.32 Å². The number of β-lactam (4-membered cyclic amide) rings is 1. The highest BCUT2D eigenvalue weighted by atomic mass is 31.2. The quantitative estimate of drug-likeness (QED) is 0.361. The maximum atomic E-state index is 12.1. The summed E-state index contributed by atoms with van der Waals surface area (Å²) in [4.78, 5) is 43.7. The molecule has 0 saturated carbocycles. The number of carbonyl (C=O) groups is 3. The normalized spacial score (nSPS) is 21.8. The van der Waals surface area contributed by atoms with Gasteiger partial charge >= 0.3 is 19.8 Å². The second-order valence-corrected chi connectivity index (χ2v) is 6.93. The van der Waals surface area contributed by atoms with Crippen LogP contribution in [-0.2, 0) is 30.0 Å². The zero-order chi connectivity index (χ0) is 18.6. The van der Waals surface area contributed by atoms with Crippen LogP contribution >= 0.6 is 7.75 Å². The van der Waals surface area contributed by atoms with E-state index in [1.54, 1.807) is 30.3 Å². The number of carboxylic acid groups (broad SMARTS) is 1. The maximum Gasteiger partial charge on any atom is 0.435 e. The van der Waals surface area contributed by atoms with Gasteiger partial charge in [0.25, 0.3) is 5.91 Å². The molecule has 10 nitrogen and oxygen atoms in total. The Labute approximate surface area is 142 Å². The highest BCUT2D eigenvalue weighted by Crippen LogP contribution is 2.52. The Morgan fingerprint density at radius 1 is 1.32 bits per heavy atom. The number of esters is 1. The SMILES string of the molecule is C[C@H]1C(NC(=O)O)C(=O)N1P(=O)(O)OCC(=O)OCc1ccccc1. The molecular weight excluding hydrogens is 355 g/mol. The van der Waals surface area contributed by atoms with E-state index in [1.807, 2.05) is 5.32 Å². The lowest BCUT2D eigenvalue weighted by Gasteiger charge is -2.45. The topological polar surface area (TPSA) is 142 Å². The molecule has 2 rings (SSSR count). The van der Waals surface area contributed by atoms with Crippen molar-refractivity contribution >= 4 is 25.7 Å². The minimum Gasteiger partial charge on any atom is -0.465 e. The monoisotopic (exact) mass is 372 g/mol. The largest absolute Gasteiger partial charge is 0.465 e. The Kier molecular flexibility index (Phi) is 5.78. The summed E-state index contributed by atoms with van der Waals surface area (Å²) >= 11 is 0. The van der Waals surface area contributed by atoms with Crippen LogP contribution in [0.25, 0.3) is 0 Å². The summed E-state index contributed by atoms with van der Waals surface area (Å²) in [5.41, 5.74) is 0.733. The minimum atomic E-state index is -4.59. The molecule has 2 amide bonds. The second kappa shape index (κ2) is 7.64. The zero-order valence-electron chi connectivity index (χ0n) is 13.2. The third kappa shape index (κ3) is 4.56. The smallest absolute Gasteiger partial charge is 0.435 e. The van der Waals surface area contributed by atoms with Gasteiger partial charge in [0.05, 0.1) is 6.04 Å². The molecule has 3 atom stereocenters. The third-order valence-corrected chi connectivity index (χ3v) is 5.08. The molecule has 1 saturated heterocycles. The first-order valence-electron chi connectivity index (χ1n) is 7.22. The summed E-state index contributed by atoms with van der Waals surface area (Å²) in [5.74, 6) is -1.78. The molecule has 11 heteroatoms. The number of ether oxygens (including phenoxy) is 1. The minimum absolute atomic E-state index is 0.0254. The van der Waals surface area contributed by atoms with E-state index in [-0.39, 0.29) is 6.61 Å². The molecule has 3 N–H and O–H groups in total. The van der Waals surface area contributed by atoms with Crippen LogP contribution in [-0.4, -0.2) is 51.3 Å². The first kappa shape index (κ1) is 18.9. The number of nitrogens with zero attached hydrogens (tertiary/aromatic N) is 1. The molecule has 0 bridgehead atoms. The summed E-state index contributed by atoms with van der Waals surface area (Å²) < 4.78 is 22.1. The average molecular weight is 372 g/mol. The molecule has 1 fully saturated rings. The van der Waals surface area contributed by atoms with Crippen LogP contribution in [0, 0.1) is 0 Å². The van der Waals surface area contributed by atoms with Crippen LogP contribution in [0.15, 0.2) is 30.3 Å². The average Bonchev–Trinajstić information content (AvgIpc) is 2.57. The van der Waals surface area contributed by atoms with Crippen LogP contribution in [0.3, 0.4) is 0 Å². The summed E-state index contributed by atoms with van der Waals surface area (Å²) in [6.07, 6.45) is -1.43. The van der Waals surface area contributed by atoms with Gasteiger partial charge in [0.15, 0.2) is 6.61 Å². The van der Waals surface area contributed by atoms with E-state index in [0.717, 1.165) is 5.56 Å². The van der Waals surface area contributed by atoms with E-state index < -0.39 is 44.4 Å². The number of benzene rings is 1. The molecule has 1 aliphatic heterocycles. The molecule has 1 aromatic carbocycles. The Morgan fingerprint density at radius 3 is 2.52 bits per heavy atom. The Morgan fingerprint density at radius 2 is 1.96 bits per heavy atom. The molecule has 0 spiro atoms. The molecule has 1 aromatic rings. The van der Waals surface area contributed by atoms with Gasteiger partial charge in [-0.25, -0.2) is 18.8 Å². The van der Waals surface area contributed by atoms with E-state index in [4.69, 9.17) is 9.84 Å². The van der Waals surface area contributed by atoms with Crippen molar-refractivity contribution in [1.29, 1.82) is 0 Å². The molecule has 0 aliphatic carbocycles. The summed E-state index contributed by atoms with van der Waals surface area (Å²) in [5, 5.41) is 10.5. The van der Waals surface area contributed by atoms with Crippen molar-refractivity contribution in [2.75, 3.05) is 6.61 Å². The van der Waals surface area contributed by atoms with E-state index in [1.165, 1.54) is 6.92 Å². The fraction of sp³-hybridized carbons (Fsp3) is 0.357. The van der Waals surface area contributed by atoms with Crippen molar-refractivity contribution in [2.24, 2.45) is 0 Å². The Bertz CT molecular complexity index is 710. The van der Waals surface area contributed by atoms with E-state index >= 15 is 0 Å². The van der Waals surface area contributed by atoms with Gasteiger partial charge in [0.1, 0.15) is 12.6 Å². The van der Waals surface area contributed by atoms with Gasteiger partial charge in [-0.15, -0.1) is 0 Å². The predicted octanol–water partition coefficient (Wildman–Crippen LogP) is 0.714.